The quantitative estimate of drug-likeness (QED) is 0.193. The van der Waals surface area contributed by atoms with Crippen LogP contribution in [0.4, 0.5) is 0 Å². The summed E-state index contributed by atoms with van der Waals surface area (Å²) in [7, 11) is 2.50. The third kappa shape index (κ3) is 8.11. The molecule has 110 valence electrons. The Hall–Kier alpha value is -0.0631. The maximum absolute atomic E-state index is 5.36. The maximum atomic E-state index is 5.36. The Kier molecular flexibility index (Phi) is 12.0. The second kappa shape index (κ2) is 12.0. The minimum Gasteiger partial charge on any atom is -0.377 e. The fraction of sp³-hybridized carbons (Fsp3) is 1.00. The Bertz CT molecular complexity index is 176. The van der Waals surface area contributed by atoms with Crippen LogP contribution in [0.15, 0.2) is 0 Å². The normalized spacial score (nSPS) is 12.0. The molecule has 8 heteroatoms. The van der Waals surface area contributed by atoms with Crippen LogP contribution < -0.4 is 21.9 Å². The van der Waals surface area contributed by atoms with Crippen LogP contribution in [0.5, 0.6) is 0 Å². The van der Waals surface area contributed by atoms with Gasteiger partial charge in [-0.15, -0.1) is 0 Å². The summed E-state index contributed by atoms with van der Waals surface area (Å²) in [6, 6.07) is 0.802. The molecule has 0 saturated heterocycles. The summed E-state index contributed by atoms with van der Waals surface area (Å²) >= 11 is 0. The molecule has 0 fully saturated rings. The number of nitrogens with one attached hydrogen (secondary N) is 3. The van der Waals surface area contributed by atoms with Gasteiger partial charge in [0.1, 0.15) is 0 Å². The first-order valence-electron chi connectivity index (χ1n) is 6.26. The van der Waals surface area contributed by atoms with Crippen LogP contribution in [-0.2, 0) is 13.3 Å². The first-order chi connectivity index (χ1) is 8.74. The van der Waals surface area contributed by atoms with Gasteiger partial charge in [-0.3, -0.25) is 10.9 Å². The Morgan fingerprint density at radius 1 is 0.889 bits per heavy atom. The van der Waals surface area contributed by atoms with E-state index >= 15 is 0 Å². The van der Waals surface area contributed by atoms with Crippen molar-refractivity contribution in [3.8, 4) is 0 Å². The van der Waals surface area contributed by atoms with E-state index < -0.39 is 8.80 Å². The number of hydrazine groups is 1. The topological polar surface area (TPSA) is 89.8 Å². The van der Waals surface area contributed by atoms with E-state index in [1.54, 1.807) is 21.3 Å². The van der Waals surface area contributed by atoms with Crippen molar-refractivity contribution < 1.29 is 13.3 Å². The van der Waals surface area contributed by atoms with Gasteiger partial charge in [-0.25, -0.2) is 0 Å². The van der Waals surface area contributed by atoms with Gasteiger partial charge in [0.15, 0.2) is 0 Å². The lowest BCUT2D eigenvalue weighted by Crippen LogP contribution is -2.44. The van der Waals surface area contributed by atoms with Crippen molar-refractivity contribution in [2.24, 2.45) is 5.73 Å². The Morgan fingerprint density at radius 3 is 2.06 bits per heavy atom. The average Bonchev–Trinajstić information content (AvgIpc) is 2.42. The molecule has 0 amide bonds. The fourth-order valence-electron chi connectivity index (χ4n) is 1.50. The van der Waals surface area contributed by atoms with Gasteiger partial charge in [0, 0.05) is 60.1 Å². The molecule has 0 rings (SSSR count). The number of rotatable bonds is 13. The standard InChI is InChI=1S/C10H28N4O3Si/c1-15-18(16-2,17-3)10-4-6-13-14-9-8-12-7-5-11/h12-14H,4-11H2,1-3H3. The molecule has 0 aliphatic heterocycles. The maximum Gasteiger partial charge on any atom is 0.500 e. The highest BCUT2D eigenvalue weighted by atomic mass is 28.4. The molecule has 0 radical (unpaired) electrons. The van der Waals surface area contributed by atoms with Crippen molar-refractivity contribution in [1.29, 1.82) is 0 Å². The average molecular weight is 280 g/mol. The summed E-state index contributed by atoms with van der Waals surface area (Å²) in [5.41, 5.74) is 11.6. The van der Waals surface area contributed by atoms with Gasteiger partial charge < -0.3 is 24.3 Å². The molecule has 0 aliphatic rings. The molecule has 0 heterocycles. The zero-order valence-electron chi connectivity index (χ0n) is 11.8. The lowest BCUT2D eigenvalue weighted by molar-refractivity contribution is 0.123. The highest BCUT2D eigenvalue weighted by Gasteiger charge is 2.36. The largest absolute Gasteiger partial charge is 0.500 e. The molecule has 7 nitrogen and oxygen atoms in total. The summed E-state index contributed by atoms with van der Waals surface area (Å²) in [5, 5.41) is 3.20. The van der Waals surface area contributed by atoms with E-state index in [0.29, 0.717) is 6.54 Å². The number of nitrogens with two attached hydrogens (primary N) is 1. The minimum absolute atomic E-state index is 0.672. The Morgan fingerprint density at radius 2 is 1.50 bits per heavy atom. The van der Waals surface area contributed by atoms with Crippen molar-refractivity contribution >= 4 is 8.80 Å². The van der Waals surface area contributed by atoms with Gasteiger partial charge in [0.05, 0.1) is 0 Å². The second-order valence-corrected chi connectivity index (χ2v) is 6.88. The van der Waals surface area contributed by atoms with Crippen LogP contribution in [0.3, 0.4) is 0 Å². The van der Waals surface area contributed by atoms with Crippen molar-refractivity contribution in [3.05, 3.63) is 0 Å². The van der Waals surface area contributed by atoms with Crippen molar-refractivity contribution in [1.82, 2.24) is 16.2 Å². The Labute approximate surface area is 111 Å². The van der Waals surface area contributed by atoms with Crippen LogP contribution >= 0.6 is 0 Å². The van der Waals surface area contributed by atoms with E-state index in [-0.39, 0.29) is 0 Å². The van der Waals surface area contributed by atoms with E-state index in [9.17, 15) is 0 Å². The van der Waals surface area contributed by atoms with Crippen LogP contribution in [0.25, 0.3) is 0 Å². The summed E-state index contributed by atoms with van der Waals surface area (Å²) in [6.07, 6.45) is 0.935. The molecule has 18 heavy (non-hydrogen) atoms. The summed E-state index contributed by atoms with van der Waals surface area (Å²) < 4.78 is 16.0. The molecule has 0 unspecified atom stereocenters. The molecule has 0 spiro atoms. The van der Waals surface area contributed by atoms with Crippen molar-refractivity contribution in [2.45, 2.75) is 12.5 Å². The van der Waals surface area contributed by atoms with Gasteiger partial charge in [0.2, 0.25) is 0 Å². The highest BCUT2D eigenvalue weighted by Crippen LogP contribution is 2.13. The molecule has 0 aromatic carbocycles. The molecule has 0 bridgehead atoms. The molecule has 0 atom stereocenters. The number of hydrogen-bond acceptors (Lipinski definition) is 7. The van der Waals surface area contributed by atoms with Crippen molar-refractivity contribution in [2.75, 3.05) is 54.1 Å². The third-order valence-corrected chi connectivity index (χ3v) is 5.42. The van der Waals surface area contributed by atoms with Crippen LogP contribution in [0.1, 0.15) is 6.42 Å². The van der Waals surface area contributed by atoms with E-state index in [4.69, 9.17) is 19.0 Å². The lowest BCUT2D eigenvalue weighted by atomic mass is 10.5. The van der Waals surface area contributed by atoms with E-state index in [1.165, 1.54) is 0 Å². The molecule has 0 aliphatic carbocycles. The Balaban J connectivity index is 3.38. The van der Waals surface area contributed by atoms with Crippen molar-refractivity contribution in [3.63, 3.8) is 0 Å². The molecular weight excluding hydrogens is 252 g/mol. The smallest absolute Gasteiger partial charge is 0.377 e. The third-order valence-electron chi connectivity index (χ3n) is 2.59. The van der Waals surface area contributed by atoms with Crippen LogP contribution in [0.2, 0.25) is 6.04 Å². The van der Waals surface area contributed by atoms with E-state index in [0.717, 1.165) is 38.6 Å². The van der Waals surface area contributed by atoms with Gasteiger partial charge in [0.25, 0.3) is 0 Å². The van der Waals surface area contributed by atoms with E-state index in [2.05, 4.69) is 16.2 Å². The van der Waals surface area contributed by atoms with Crippen LogP contribution in [0, 0.1) is 0 Å². The lowest BCUT2D eigenvalue weighted by Gasteiger charge is -2.24. The summed E-state index contributed by atoms with van der Waals surface area (Å²) in [5.74, 6) is 0. The zero-order valence-corrected chi connectivity index (χ0v) is 12.8. The van der Waals surface area contributed by atoms with Crippen LogP contribution in [-0.4, -0.2) is 62.9 Å². The highest BCUT2D eigenvalue weighted by molar-refractivity contribution is 6.60. The second-order valence-electron chi connectivity index (χ2n) is 3.79. The van der Waals surface area contributed by atoms with Gasteiger partial charge in [-0.2, -0.15) is 0 Å². The first-order valence-corrected chi connectivity index (χ1v) is 8.19. The minimum atomic E-state index is -2.40. The monoisotopic (exact) mass is 280 g/mol. The summed E-state index contributed by atoms with van der Waals surface area (Å²) in [4.78, 5) is 0. The predicted molar refractivity (Wildman–Crippen MR) is 74.1 cm³/mol. The first kappa shape index (κ1) is 17.9. The zero-order chi connectivity index (χ0) is 13.7. The predicted octanol–water partition coefficient (Wildman–Crippen LogP) is -1.10. The molecule has 5 N–H and O–H groups in total. The van der Waals surface area contributed by atoms with Gasteiger partial charge in [-0.05, 0) is 6.42 Å². The fourth-order valence-corrected chi connectivity index (χ4v) is 3.23. The summed E-state index contributed by atoms with van der Waals surface area (Å²) in [6.45, 7) is 4.14. The van der Waals surface area contributed by atoms with E-state index in [1.807, 2.05) is 0 Å². The molecule has 0 saturated carbocycles. The SMILES string of the molecule is CO[Si](CCCNNCCNCCN)(OC)OC. The van der Waals surface area contributed by atoms with Gasteiger partial charge in [-0.1, -0.05) is 0 Å². The molecular formula is C10H28N4O3Si. The number of hydrogen-bond donors (Lipinski definition) is 4. The molecule has 0 aromatic rings. The molecule has 0 aromatic heterocycles. The van der Waals surface area contributed by atoms with Gasteiger partial charge >= 0.3 is 8.80 Å².